The van der Waals surface area contributed by atoms with Crippen molar-refractivity contribution >= 4 is 11.7 Å². The summed E-state index contributed by atoms with van der Waals surface area (Å²) in [6.07, 6.45) is 2.72. The molecule has 2 aliphatic rings. The van der Waals surface area contributed by atoms with Crippen molar-refractivity contribution < 1.29 is 22.4 Å². The third-order valence-corrected chi connectivity index (χ3v) is 6.29. The number of alkyl halides is 3. The summed E-state index contributed by atoms with van der Waals surface area (Å²) >= 11 is 0. The van der Waals surface area contributed by atoms with Crippen LogP contribution in [0, 0.1) is 12.7 Å². The van der Waals surface area contributed by atoms with Crippen LogP contribution in [0.1, 0.15) is 40.7 Å². The lowest BCUT2D eigenvalue weighted by Gasteiger charge is -2.26. The fourth-order valence-electron chi connectivity index (χ4n) is 4.81. The summed E-state index contributed by atoms with van der Waals surface area (Å²) in [6, 6.07) is 3.16. The minimum absolute atomic E-state index is 0.0856. The highest BCUT2D eigenvalue weighted by atomic mass is 19.4. The van der Waals surface area contributed by atoms with Crippen LogP contribution in [0.15, 0.2) is 43.0 Å². The number of pyridine rings is 2. The molecule has 1 amide bonds. The second kappa shape index (κ2) is 8.30. The maximum Gasteiger partial charge on any atom is 0.417 e. The Hall–Kier alpha value is -3.63. The normalized spacial score (nSPS) is 21.7. The molecule has 5 rings (SSSR count). The molecular formula is C23H20F4N6O. The van der Waals surface area contributed by atoms with E-state index in [2.05, 4.69) is 25.3 Å². The van der Waals surface area contributed by atoms with E-state index in [0.29, 0.717) is 42.2 Å². The summed E-state index contributed by atoms with van der Waals surface area (Å²) in [4.78, 5) is 31.9. The van der Waals surface area contributed by atoms with E-state index in [1.165, 1.54) is 0 Å². The van der Waals surface area contributed by atoms with Gasteiger partial charge in [-0.05, 0) is 49.9 Å². The monoisotopic (exact) mass is 472 g/mol. The summed E-state index contributed by atoms with van der Waals surface area (Å²) in [5.41, 5.74) is 0.410. The van der Waals surface area contributed by atoms with Gasteiger partial charge in [0.2, 0.25) is 0 Å². The van der Waals surface area contributed by atoms with E-state index in [-0.39, 0.29) is 29.9 Å². The largest absolute Gasteiger partial charge is 0.417 e. The van der Waals surface area contributed by atoms with Gasteiger partial charge in [-0.2, -0.15) is 13.2 Å². The molecule has 7 nitrogen and oxygen atoms in total. The lowest BCUT2D eigenvalue weighted by molar-refractivity contribution is -0.138. The summed E-state index contributed by atoms with van der Waals surface area (Å²) in [5, 5.41) is 2.93. The van der Waals surface area contributed by atoms with Gasteiger partial charge in [0.25, 0.3) is 5.91 Å². The number of carbonyl (C=O) groups is 1. The quantitative estimate of drug-likeness (QED) is 0.572. The molecule has 1 N–H and O–H groups in total. The van der Waals surface area contributed by atoms with E-state index in [0.717, 1.165) is 12.0 Å². The van der Waals surface area contributed by atoms with Gasteiger partial charge in [-0.1, -0.05) is 0 Å². The highest BCUT2D eigenvalue weighted by molar-refractivity contribution is 6.00. The van der Waals surface area contributed by atoms with Crippen molar-refractivity contribution in [3.05, 3.63) is 65.5 Å². The minimum Gasteiger partial charge on any atom is -0.363 e. The summed E-state index contributed by atoms with van der Waals surface area (Å²) in [6.45, 7) is 1.83. The van der Waals surface area contributed by atoms with Crippen molar-refractivity contribution in [2.75, 3.05) is 5.32 Å². The first-order chi connectivity index (χ1) is 16.2. The predicted octanol–water partition coefficient (Wildman–Crippen LogP) is 4.26. The number of carbonyl (C=O) groups excluding carboxylic acids is 1. The number of hydrogen-bond acceptors (Lipinski definition) is 6. The molecule has 34 heavy (non-hydrogen) atoms. The standard InChI is InChI=1S/C23H20F4N6O/c1-12-7-15(19(30-10-12)21-28-5-2-6-29-21)22(34)33-14-3-4-18(33)17(9-14)32-20-16(24)8-13(11-31-20)23(25,26)27/h2,5-8,10-11,14,17-18H,3-4,9H2,1H3,(H,31,32)/t14-,17-,18+/m1/s1. The molecule has 0 spiro atoms. The number of nitrogens with one attached hydrogen (secondary N) is 1. The summed E-state index contributed by atoms with van der Waals surface area (Å²) in [5.74, 6) is -1.23. The Kier molecular flexibility index (Phi) is 5.41. The molecule has 0 saturated carbocycles. The van der Waals surface area contributed by atoms with Crippen molar-refractivity contribution in [2.45, 2.75) is 50.5 Å². The van der Waals surface area contributed by atoms with Gasteiger partial charge in [0, 0.05) is 30.8 Å². The molecule has 2 aliphatic heterocycles. The van der Waals surface area contributed by atoms with Gasteiger partial charge in [-0.25, -0.2) is 19.3 Å². The maximum atomic E-state index is 14.4. The molecule has 176 valence electrons. The molecule has 0 radical (unpaired) electrons. The Morgan fingerprint density at radius 2 is 1.85 bits per heavy atom. The Bertz CT molecular complexity index is 1240. The van der Waals surface area contributed by atoms with Gasteiger partial charge in [0.05, 0.1) is 23.2 Å². The molecule has 5 heterocycles. The van der Waals surface area contributed by atoms with Crippen molar-refractivity contribution in [1.82, 2.24) is 24.8 Å². The lowest BCUT2D eigenvalue weighted by Crippen LogP contribution is -2.40. The van der Waals surface area contributed by atoms with E-state index < -0.39 is 17.6 Å². The zero-order chi connectivity index (χ0) is 24.0. The number of aryl methyl sites for hydroxylation is 1. The van der Waals surface area contributed by atoms with Crippen LogP contribution in [0.3, 0.4) is 0 Å². The second-order valence-electron chi connectivity index (χ2n) is 8.53. The molecule has 0 unspecified atom stereocenters. The number of nitrogens with zero attached hydrogens (tertiary/aromatic N) is 5. The van der Waals surface area contributed by atoms with Crippen molar-refractivity contribution in [2.24, 2.45) is 0 Å². The molecule has 3 aromatic heterocycles. The fourth-order valence-corrected chi connectivity index (χ4v) is 4.81. The van der Waals surface area contributed by atoms with Crippen molar-refractivity contribution in [3.8, 4) is 11.5 Å². The molecule has 11 heteroatoms. The Morgan fingerprint density at radius 3 is 2.56 bits per heavy atom. The number of anilines is 1. The summed E-state index contributed by atoms with van der Waals surface area (Å²) in [7, 11) is 0. The fraction of sp³-hybridized carbons (Fsp3) is 0.348. The third-order valence-electron chi connectivity index (χ3n) is 6.29. The van der Waals surface area contributed by atoms with Crippen LogP contribution in [0.25, 0.3) is 11.5 Å². The summed E-state index contributed by atoms with van der Waals surface area (Å²) < 4.78 is 52.8. The molecular weight excluding hydrogens is 452 g/mol. The lowest BCUT2D eigenvalue weighted by atomic mass is 9.95. The molecule has 3 aromatic rings. The zero-order valence-electron chi connectivity index (χ0n) is 18.1. The van der Waals surface area contributed by atoms with Gasteiger partial charge < -0.3 is 10.2 Å². The second-order valence-corrected chi connectivity index (χ2v) is 8.53. The van der Waals surface area contributed by atoms with Gasteiger partial charge >= 0.3 is 6.18 Å². The number of hydrogen-bond donors (Lipinski definition) is 1. The first-order valence-electron chi connectivity index (χ1n) is 10.8. The van der Waals surface area contributed by atoms with Gasteiger partial charge in [-0.3, -0.25) is 9.78 Å². The third kappa shape index (κ3) is 3.95. The van der Waals surface area contributed by atoms with Crippen LogP contribution in [0.5, 0.6) is 0 Å². The Morgan fingerprint density at radius 1 is 1.09 bits per heavy atom. The Balaban J connectivity index is 1.40. The topological polar surface area (TPSA) is 83.9 Å². The average molecular weight is 472 g/mol. The first-order valence-corrected chi connectivity index (χ1v) is 10.8. The van der Waals surface area contributed by atoms with E-state index >= 15 is 0 Å². The molecule has 2 saturated heterocycles. The van der Waals surface area contributed by atoms with E-state index in [1.807, 2.05) is 6.92 Å². The van der Waals surface area contributed by atoms with Crippen LogP contribution >= 0.6 is 0 Å². The molecule has 2 bridgehead atoms. The molecule has 0 aliphatic carbocycles. The van der Waals surface area contributed by atoms with Gasteiger partial charge in [-0.15, -0.1) is 0 Å². The van der Waals surface area contributed by atoms with Crippen molar-refractivity contribution in [1.29, 1.82) is 0 Å². The van der Waals surface area contributed by atoms with Crippen LogP contribution in [0.2, 0.25) is 0 Å². The smallest absolute Gasteiger partial charge is 0.363 e. The minimum atomic E-state index is -4.68. The van der Waals surface area contributed by atoms with Gasteiger partial charge in [0.1, 0.15) is 5.69 Å². The zero-order valence-corrected chi connectivity index (χ0v) is 18.1. The van der Waals surface area contributed by atoms with E-state index in [1.54, 1.807) is 35.6 Å². The van der Waals surface area contributed by atoms with Crippen LogP contribution < -0.4 is 5.32 Å². The average Bonchev–Trinajstić information content (AvgIpc) is 3.37. The highest BCUT2D eigenvalue weighted by Gasteiger charge is 2.49. The highest BCUT2D eigenvalue weighted by Crippen LogP contribution is 2.41. The number of amides is 1. The number of halogens is 4. The van der Waals surface area contributed by atoms with Crippen LogP contribution in [-0.2, 0) is 6.18 Å². The molecule has 0 aromatic carbocycles. The van der Waals surface area contributed by atoms with Crippen LogP contribution in [-0.4, -0.2) is 48.9 Å². The number of fused-ring (bicyclic) bond motifs is 2. The Labute approximate surface area is 192 Å². The molecule has 2 fully saturated rings. The number of aromatic nitrogens is 4. The number of rotatable bonds is 4. The van der Waals surface area contributed by atoms with Crippen molar-refractivity contribution in [3.63, 3.8) is 0 Å². The predicted molar refractivity (Wildman–Crippen MR) is 114 cm³/mol. The SMILES string of the molecule is Cc1cnc(-c2ncccn2)c(C(=O)N2[C@@H]3CC[C@H]2[C@H](Nc2ncc(C(F)(F)F)cc2F)C3)c1. The molecule has 3 atom stereocenters. The van der Waals surface area contributed by atoms with Crippen LogP contribution in [0.4, 0.5) is 23.4 Å². The van der Waals surface area contributed by atoms with Gasteiger partial charge in [0.15, 0.2) is 17.5 Å². The first kappa shape index (κ1) is 22.2. The van der Waals surface area contributed by atoms with E-state index in [9.17, 15) is 22.4 Å². The maximum absolute atomic E-state index is 14.4. The van der Waals surface area contributed by atoms with E-state index in [4.69, 9.17) is 0 Å².